The van der Waals surface area contributed by atoms with Gasteiger partial charge in [-0.3, -0.25) is 4.99 Å². The summed E-state index contributed by atoms with van der Waals surface area (Å²) in [5.74, 6) is 0.195. The lowest BCUT2D eigenvalue weighted by Gasteiger charge is -2.27. The molecular formula is C14H23N5O2. The molecule has 2 unspecified atom stereocenters. The average molecular weight is 293 g/mol. The van der Waals surface area contributed by atoms with Gasteiger partial charge in [-0.15, -0.1) is 0 Å². The molecule has 1 rings (SSSR count). The van der Waals surface area contributed by atoms with E-state index in [2.05, 4.69) is 20.6 Å². The second kappa shape index (κ2) is 8.21. The molecule has 0 saturated carbocycles. The number of allylic oxidation sites excluding steroid dienone is 3. The molecule has 0 aromatic rings. The molecule has 1 aliphatic rings. The lowest BCUT2D eigenvalue weighted by Crippen LogP contribution is -2.34. The first-order valence-electron chi connectivity index (χ1n) is 6.81. The summed E-state index contributed by atoms with van der Waals surface area (Å²) in [6.45, 7) is 7.65. The highest BCUT2D eigenvalue weighted by Gasteiger charge is 2.16. The third-order valence-corrected chi connectivity index (χ3v) is 2.81. The van der Waals surface area contributed by atoms with Crippen molar-refractivity contribution >= 4 is 17.8 Å². The molecule has 0 spiro atoms. The number of nitrogens with zero attached hydrogens (tertiary/aromatic N) is 4. The van der Waals surface area contributed by atoms with Gasteiger partial charge in [-0.1, -0.05) is 11.2 Å². The lowest BCUT2D eigenvalue weighted by molar-refractivity contribution is 0.166. The van der Waals surface area contributed by atoms with Crippen LogP contribution in [0, 0.1) is 0 Å². The maximum Gasteiger partial charge on any atom is 0.167 e. The van der Waals surface area contributed by atoms with Crippen molar-refractivity contribution in [1.82, 2.24) is 10.3 Å². The molecule has 0 aromatic heterocycles. The standard InChI is InChI=1S/C14H23N5O2/c1-5-6-13(18-21)17-14(20)7-8-15-19-11(3)9-10(2)16-12(19)4/h5-6,8-9,12,14,20-21H,7H2,1-4H3,(H,17,18)/b6-5+,15-8-. The van der Waals surface area contributed by atoms with Gasteiger partial charge < -0.3 is 15.6 Å². The van der Waals surface area contributed by atoms with Crippen molar-refractivity contribution < 1.29 is 10.3 Å². The van der Waals surface area contributed by atoms with Crippen molar-refractivity contribution in [2.45, 2.75) is 46.5 Å². The van der Waals surface area contributed by atoms with Crippen LogP contribution in [-0.4, -0.2) is 45.5 Å². The van der Waals surface area contributed by atoms with E-state index in [1.807, 2.05) is 26.8 Å². The Morgan fingerprint density at radius 2 is 2.29 bits per heavy atom. The van der Waals surface area contributed by atoms with Crippen LogP contribution in [0.25, 0.3) is 0 Å². The van der Waals surface area contributed by atoms with Gasteiger partial charge in [0, 0.05) is 24.0 Å². The van der Waals surface area contributed by atoms with Gasteiger partial charge in [0.15, 0.2) is 5.84 Å². The summed E-state index contributed by atoms with van der Waals surface area (Å²) in [5, 5.41) is 30.3. The zero-order valence-corrected chi connectivity index (χ0v) is 12.9. The molecule has 116 valence electrons. The Morgan fingerprint density at radius 3 is 2.86 bits per heavy atom. The Labute approximate surface area is 125 Å². The van der Waals surface area contributed by atoms with Crippen LogP contribution in [0.1, 0.15) is 34.1 Å². The highest BCUT2D eigenvalue weighted by atomic mass is 16.4. The third kappa shape index (κ3) is 5.39. The quantitative estimate of drug-likeness (QED) is 0.236. The maximum absolute atomic E-state index is 9.79. The topological polar surface area (TPSA) is 92.8 Å². The monoisotopic (exact) mass is 293 g/mol. The molecule has 1 heterocycles. The van der Waals surface area contributed by atoms with Crippen molar-refractivity contribution in [1.29, 1.82) is 0 Å². The van der Waals surface area contributed by atoms with Crippen LogP contribution in [0.15, 0.2) is 39.2 Å². The molecule has 3 N–H and O–H groups in total. The predicted molar refractivity (Wildman–Crippen MR) is 84.5 cm³/mol. The minimum atomic E-state index is -0.884. The molecule has 7 heteroatoms. The fourth-order valence-electron chi connectivity index (χ4n) is 1.97. The Hall–Kier alpha value is -2.15. The summed E-state index contributed by atoms with van der Waals surface area (Å²) in [6, 6.07) is 0. The van der Waals surface area contributed by atoms with E-state index in [9.17, 15) is 5.11 Å². The first kappa shape index (κ1) is 16.9. The van der Waals surface area contributed by atoms with Gasteiger partial charge in [-0.05, 0) is 39.8 Å². The number of nitrogens with one attached hydrogen (secondary N) is 1. The van der Waals surface area contributed by atoms with Crippen molar-refractivity contribution in [2.24, 2.45) is 15.2 Å². The minimum absolute atomic E-state index is 0.0612. The molecule has 21 heavy (non-hydrogen) atoms. The summed E-state index contributed by atoms with van der Waals surface area (Å²) >= 11 is 0. The number of aliphatic hydroxyl groups is 1. The van der Waals surface area contributed by atoms with E-state index in [-0.39, 0.29) is 18.4 Å². The number of amidine groups is 1. The zero-order valence-electron chi connectivity index (χ0n) is 12.9. The van der Waals surface area contributed by atoms with Gasteiger partial charge >= 0.3 is 0 Å². The van der Waals surface area contributed by atoms with Gasteiger partial charge in [-0.2, -0.15) is 5.10 Å². The van der Waals surface area contributed by atoms with Crippen molar-refractivity contribution in [3.63, 3.8) is 0 Å². The van der Waals surface area contributed by atoms with Gasteiger partial charge in [0.25, 0.3) is 0 Å². The van der Waals surface area contributed by atoms with E-state index >= 15 is 0 Å². The first-order valence-corrected chi connectivity index (χ1v) is 6.81. The molecule has 0 bridgehead atoms. The Morgan fingerprint density at radius 1 is 1.57 bits per heavy atom. The third-order valence-electron chi connectivity index (χ3n) is 2.81. The average Bonchev–Trinajstić information content (AvgIpc) is 2.41. The number of hydrogen-bond donors (Lipinski definition) is 3. The fourth-order valence-corrected chi connectivity index (χ4v) is 1.97. The highest BCUT2D eigenvalue weighted by Crippen LogP contribution is 2.16. The van der Waals surface area contributed by atoms with Gasteiger partial charge in [0.2, 0.25) is 0 Å². The second-order valence-corrected chi connectivity index (χ2v) is 4.71. The smallest absolute Gasteiger partial charge is 0.167 e. The molecule has 0 saturated heterocycles. The maximum atomic E-state index is 9.79. The summed E-state index contributed by atoms with van der Waals surface area (Å²) in [4.78, 5) is 4.41. The Bertz CT molecular complexity index is 494. The van der Waals surface area contributed by atoms with E-state index in [0.29, 0.717) is 0 Å². The van der Waals surface area contributed by atoms with E-state index in [4.69, 9.17) is 5.21 Å². The Kier molecular flexibility index (Phi) is 6.61. The number of hydrazone groups is 1. The van der Waals surface area contributed by atoms with Crippen LogP contribution in [0.3, 0.4) is 0 Å². The Balaban J connectivity index is 2.53. The molecule has 0 fully saturated rings. The fraction of sp³-hybridized carbons (Fsp3) is 0.500. The molecule has 0 aromatic carbocycles. The first-order chi connectivity index (χ1) is 9.97. The number of hydrogen-bond acceptors (Lipinski definition) is 6. The summed E-state index contributed by atoms with van der Waals surface area (Å²) in [5.41, 5.74) is 1.98. The van der Waals surface area contributed by atoms with Gasteiger partial charge in [0.05, 0.1) is 0 Å². The van der Waals surface area contributed by atoms with Crippen molar-refractivity contribution in [2.75, 3.05) is 0 Å². The van der Waals surface area contributed by atoms with Gasteiger partial charge in [-0.25, -0.2) is 5.01 Å². The normalized spacial score (nSPS) is 21.7. The van der Waals surface area contributed by atoms with E-state index in [0.717, 1.165) is 11.4 Å². The largest absolute Gasteiger partial charge is 0.409 e. The van der Waals surface area contributed by atoms with E-state index < -0.39 is 6.23 Å². The molecule has 0 aliphatic carbocycles. The number of aliphatic imine (C=N–C) groups is 1. The zero-order chi connectivity index (χ0) is 15.8. The van der Waals surface area contributed by atoms with Crippen LogP contribution in [0.5, 0.6) is 0 Å². The minimum Gasteiger partial charge on any atom is -0.409 e. The number of rotatable bonds is 5. The molecular weight excluding hydrogens is 270 g/mol. The second-order valence-electron chi connectivity index (χ2n) is 4.71. The van der Waals surface area contributed by atoms with Gasteiger partial charge in [0.1, 0.15) is 12.4 Å². The molecule has 2 atom stereocenters. The van der Waals surface area contributed by atoms with Crippen molar-refractivity contribution in [3.8, 4) is 0 Å². The summed E-state index contributed by atoms with van der Waals surface area (Å²) in [7, 11) is 0. The molecule has 1 aliphatic heterocycles. The lowest BCUT2D eigenvalue weighted by atomic mass is 10.2. The van der Waals surface area contributed by atoms with E-state index in [1.165, 1.54) is 0 Å². The van der Waals surface area contributed by atoms with Crippen LogP contribution >= 0.6 is 0 Å². The number of aliphatic hydroxyl groups excluding tert-OH is 1. The highest BCUT2D eigenvalue weighted by molar-refractivity contribution is 5.94. The SMILES string of the molecule is C/C=C/C(=N\O)NC(O)C/C=N\N1C(C)=CC(C)=NC1C. The van der Waals surface area contributed by atoms with Crippen LogP contribution in [0.2, 0.25) is 0 Å². The molecule has 7 nitrogen and oxygen atoms in total. The summed E-state index contributed by atoms with van der Waals surface area (Å²) < 4.78 is 0. The van der Waals surface area contributed by atoms with Crippen molar-refractivity contribution in [3.05, 3.63) is 23.9 Å². The summed E-state index contributed by atoms with van der Waals surface area (Å²) in [6.07, 6.45) is 6.14. The van der Waals surface area contributed by atoms with Crippen LogP contribution in [-0.2, 0) is 0 Å². The molecule has 0 radical (unpaired) electrons. The predicted octanol–water partition coefficient (Wildman–Crippen LogP) is 1.66. The van der Waals surface area contributed by atoms with E-state index in [1.54, 1.807) is 30.3 Å². The molecule has 0 amide bonds. The van der Waals surface area contributed by atoms with Crippen LogP contribution in [0.4, 0.5) is 0 Å². The van der Waals surface area contributed by atoms with Crippen LogP contribution < -0.4 is 5.32 Å². The number of oxime groups is 1.